The fraction of sp³-hybridized carbons (Fsp3) is 0.364. The number of hydrogen-bond acceptors (Lipinski definition) is 3. The van der Waals surface area contributed by atoms with Crippen molar-refractivity contribution in [2.75, 3.05) is 5.33 Å². The average Bonchev–Trinajstić information content (AvgIpc) is 2.28. The third kappa shape index (κ3) is 3.30. The first-order chi connectivity index (χ1) is 7.56. The van der Waals surface area contributed by atoms with Crippen molar-refractivity contribution >= 4 is 21.8 Å². The third-order valence-corrected chi connectivity index (χ3v) is 2.77. The van der Waals surface area contributed by atoms with Crippen LogP contribution >= 0.6 is 15.9 Å². The molecule has 88 valence electrons. The lowest BCUT2D eigenvalue weighted by atomic mass is 10.0. The van der Waals surface area contributed by atoms with Gasteiger partial charge in [-0.2, -0.15) is 0 Å². The Bertz CT molecular complexity index is 371. The SMILES string of the molecule is N=C(N)c1cccc(C(O)C(O)CCBr)c1. The van der Waals surface area contributed by atoms with E-state index in [-0.39, 0.29) is 5.84 Å². The second kappa shape index (κ2) is 5.98. The van der Waals surface area contributed by atoms with Gasteiger partial charge in [0.15, 0.2) is 0 Å². The molecule has 1 rings (SSSR count). The molecule has 0 aliphatic rings. The van der Waals surface area contributed by atoms with Crippen LogP contribution in [0, 0.1) is 5.41 Å². The van der Waals surface area contributed by atoms with Gasteiger partial charge in [0, 0.05) is 10.9 Å². The monoisotopic (exact) mass is 286 g/mol. The molecule has 5 N–H and O–H groups in total. The van der Waals surface area contributed by atoms with Gasteiger partial charge in [0.25, 0.3) is 0 Å². The number of nitrogens with two attached hydrogens (primary N) is 1. The number of aliphatic hydroxyl groups excluding tert-OH is 2. The molecule has 0 saturated carbocycles. The number of amidine groups is 1. The lowest BCUT2D eigenvalue weighted by molar-refractivity contribution is 0.0173. The molecule has 0 fully saturated rings. The quantitative estimate of drug-likeness (QED) is 0.372. The van der Waals surface area contributed by atoms with Crippen molar-refractivity contribution in [3.63, 3.8) is 0 Å². The lowest BCUT2D eigenvalue weighted by Crippen LogP contribution is -2.19. The summed E-state index contributed by atoms with van der Waals surface area (Å²) in [7, 11) is 0. The van der Waals surface area contributed by atoms with Crippen LogP contribution in [0.5, 0.6) is 0 Å². The highest BCUT2D eigenvalue weighted by molar-refractivity contribution is 9.09. The number of halogens is 1. The van der Waals surface area contributed by atoms with Crippen molar-refractivity contribution < 1.29 is 10.2 Å². The zero-order valence-electron chi connectivity index (χ0n) is 8.73. The van der Waals surface area contributed by atoms with E-state index in [0.717, 1.165) is 0 Å². The minimum Gasteiger partial charge on any atom is -0.390 e. The summed E-state index contributed by atoms with van der Waals surface area (Å²) < 4.78 is 0. The summed E-state index contributed by atoms with van der Waals surface area (Å²) in [4.78, 5) is 0. The van der Waals surface area contributed by atoms with Crippen LogP contribution in [-0.2, 0) is 0 Å². The molecule has 0 aliphatic carbocycles. The van der Waals surface area contributed by atoms with Gasteiger partial charge in [-0.25, -0.2) is 0 Å². The van der Waals surface area contributed by atoms with E-state index in [0.29, 0.717) is 22.9 Å². The largest absolute Gasteiger partial charge is 0.390 e. The third-order valence-electron chi connectivity index (χ3n) is 2.31. The van der Waals surface area contributed by atoms with E-state index in [9.17, 15) is 10.2 Å². The van der Waals surface area contributed by atoms with Crippen LogP contribution in [0.25, 0.3) is 0 Å². The van der Waals surface area contributed by atoms with Crippen LogP contribution in [0.1, 0.15) is 23.7 Å². The standard InChI is InChI=1S/C11H15BrN2O2/c12-5-4-9(15)10(16)7-2-1-3-8(6-7)11(13)14/h1-3,6,9-10,15-16H,4-5H2,(H3,13,14). The van der Waals surface area contributed by atoms with E-state index in [1.807, 2.05) is 0 Å². The minimum atomic E-state index is -0.947. The van der Waals surface area contributed by atoms with Crippen molar-refractivity contribution in [2.45, 2.75) is 18.6 Å². The molecule has 16 heavy (non-hydrogen) atoms. The molecule has 2 atom stereocenters. The van der Waals surface area contributed by atoms with E-state index in [2.05, 4.69) is 15.9 Å². The van der Waals surface area contributed by atoms with Gasteiger partial charge in [0.05, 0.1) is 6.10 Å². The molecular weight excluding hydrogens is 272 g/mol. The van der Waals surface area contributed by atoms with Gasteiger partial charge in [0.2, 0.25) is 0 Å². The smallest absolute Gasteiger partial charge is 0.122 e. The summed E-state index contributed by atoms with van der Waals surface area (Å²) in [5.41, 5.74) is 6.46. The highest BCUT2D eigenvalue weighted by Crippen LogP contribution is 2.20. The number of nitrogens with one attached hydrogen (secondary N) is 1. The topological polar surface area (TPSA) is 90.3 Å². The molecule has 4 nitrogen and oxygen atoms in total. The number of nitrogen functional groups attached to an aromatic ring is 1. The number of rotatable bonds is 5. The fourth-order valence-corrected chi connectivity index (χ4v) is 1.85. The maximum Gasteiger partial charge on any atom is 0.122 e. The zero-order valence-corrected chi connectivity index (χ0v) is 10.3. The number of hydrogen-bond donors (Lipinski definition) is 4. The maximum atomic E-state index is 9.84. The summed E-state index contributed by atoms with van der Waals surface area (Å²) in [6.45, 7) is 0. The summed E-state index contributed by atoms with van der Waals surface area (Å²) in [6, 6.07) is 6.71. The van der Waals surface area contributed by atoms with Gasteiger partial charge in [-0.05, 0) is 18.1 Å². The van der Waals surface area contributed by atoms with Crippen LogP contribution in [0.2, 0.25) is 0 Å². The molecule has 5 heteroatoms. The molecule has 0 aromatic heterocycles. The van der Waals surface area contributed by atoms with Crippen LogP contribution in [0.4, 0.5) is 0 Å². The zero-order chi connectivity index (χ0) is 12.1. The van der Waals surface area contributed by atoms with Crippen molar-refractivity contribution in [1.29, 1.82) is 5.41 Å². The first-order valence-corrected chi connectivity index (χ1v) is 6.05. The second-order valence-corrected chi connectivity index (χ2v) is 4.32. The lowest BCUT2D eigenvalue weighted by Gasteiger charge is -2.17. The molecule has 0 bridgehead atoms. The van der Waals surface area contributed by atoms with Crippen LogP contribution < -0.4 is 5.73 Å². The van der Waals surface area contributed by atoms with E-state index in [1.165, 1.54) is 0 Å². The summed E-state index contributed by atoms with van der Waals surface area (Å²) in [5, 5.41) is 27.4. The van der Waals surface area contributed by atoms with Crippen molar-refractivity contribution in [1.82, 2.24) is 0 Å². The first kappa shape index (κ1) is 13.2. The van der Waals surface area contributed by atoms with Crippen molar-refractivity contribution in [3.05, 3.63) is 35.4 Å². The fourth-order valence-electron chi connectivity index (χ4n) is 1.38. The molecule has 1 aromatic carbocycles. The highest BCUT2D eigenvalue weighted by Gasteiger charge is 2.17. The van der Waals surface area contributed by atoms with E-state index in [4.69, 9.17) is 11.1 Å². The van der Waals surface area contributed by atoms with Gasteiger partial charge >= 0.3 is 0 Å². The van der Waals surface area contributed by atoms with Crippen LogP contribution in [0.15, 0.2) is 24.3 Å². The summed E-state index contributed by atoms with van der Waals surface area (Å²) in [5.74, 6) is -0.0518. The number of benzene rings is 1. The Kier molecular flexibility index (Phi) is 4.92. The number of aliphatic hydroxyl groups is 2. The normalized spacial score (nSPS) is 14.4. The van der Waals surface area contributed by atoms with Gasteiger partial charge in [-0.1, -0.05) is 34.1 Å². The van der Waals surface area contributed by atoms with E-state index < -0.39 is 12.2 Å². The molecule has 0 spiro atoms. The molecule has 2 unspecified atom stereocenters. The van der Waals surface area contributed by atoms with E-state index >= 15 is 0 Å². The summed E-state index contributed by atoms with van der Waals surface area (Å²) in [6.07, 6.45) is -1.30. The average molecular weight is 287 g/mol. The Morgan fingerprint density at radius 3 is 2.69 bits per heavy atom. The summed E-state index contributed by atoms with van der Waals surface area (Å²) >= 11 is 3.20. The van der Waals surface area contributed by atoms with Gasteiger partial charge < -0.3 is 15.9 Å². The van der Waals surface area contributed by atoms with Crippen LogP contribution in [-0.4, -0.2) is 27.5 Å². The highest BCUT2D eigenvalue weighted by atomic mass is 79.9. The molecule has 0 radical (unpaired) electrons. The predicted molar refractivity (Wildman–Crippen MR) is 66.8 cm³/mol. The molecule has 0 heterocycles. The molecule has 1 aromatic rings. The Labute approximate surface area is 103 Å². The molecule has 0 amide bonds. The first-order valence-electron chi connectivity index (χ1n) is 4.92. The minimum absolute atomic E-state index is 0.0518. The van der Waals surface area contributed by atoms with E-state index in [1.54, 1.807) is 24.3 Å². The Balaban J connectivity index is 2.86. The predicted octanol–water partition coefficient (Wildman–Crippen LogP) is 1.15. The second-order valence-electron chi connectivity index (χ2n) is 3.53. The van der Waals surface area contributed by atoms with Crippen LogP contribution in [0.3, 0.4) is 0 Å². The Morgan fingerprint density at radius 1 is 1.44 bits per heavy atom. The Morgan fingerprint density at radius 2 is 2.12 bits per heavy atom. The van der Waals surface area contributed by atoms with Gasteiger partial charge in [0.1, 0.15) is 11.9 Å². The van der Waals surface area contributed by atoms with Crippen molar-refractivity contribution in [2.24, 2.45) is 5.73 Å². The number of alkyl halides is 1. The molecule has 0 aliphatic heterocycles. The Hall–Kier alpha value is -0.910. The van der Waals surface area contributed by atoms with Gasteiger partial charge in [-0.15, -0.1) is 0 Å². The van der Waals surface area contributed by atoms with Crippen molar-refractivity contribution in [3.8, 4) is 0 Å². The molecular formula is C11H15BrN2O2. The molecule has 0 saturated heterocycles. The van der Waals surface area contributed by atoms with Gasteiger partial charge in [-0.3, -0.25) is 5.41 Å². The maximum absolute atomic E-state index is 9.84.